The average molecular weight is 239 g/mol. The Kier molecular flexibility index (Phi) is 3.66. The molecule has 3 aliphatic heterocycles. The Morgan fingerprint density at radius 2 is 1.88 bits per heavy atom. The van der Waals surface area contributed by atoms with Crippen LogP contribution in [0.3, 0.4) is 0 Å². The standard InChI is InChI=1S/C13H25N3O/c1-11-10-17-7-2-13(11)16-8-12(9-16)15-5-3-14-4-6-15/h11-14H,2-10H2,1H3. The van der Waals surface area contributed by atoms with Crippen molar-refractivity contribution in [2.75, 3.05) is 52.5 Å². The Morgan fingerprint density at radius 1 is 1.12 bits per heavy atom. The minimum absolute atomic E-state index is 0.715. The molecule has 2 atom stereocenters. The second-order valence-electron chi connectivity index (χ2n) is 5.80. The molecule has 3 fully saturated rings. The number of piperazine rings is 1. The Bertz CT molecular complexity index is 249. The van der Waals surface area contributed by atoms with E-state index in [1.165, 1.54) is 45.7 Å². The second kappa shape index (κ2) is 5.22. The van der Waals surface area contributed by atoms with Gasteiger partial charge in [0.25, 0.3) is 0 Å². The largest absolute Gasteiger partial charge is 0.381 e. The molecule has 98 valence electrons. The summed E-state index contributed by atoms with van der Waals surface area (Å²) in [5.74, 6) is 0.715. The van der Waals surface area contributed by atoms with Crippen LogP contribution in [-0.4, -0.2) is 74.4 Å². The summed E-state index contributed by atoms with van der Waals surface area (Å²) in [7, 11) is 0. The maximum atomic E-state index is 5.53. The molecule has 0 amide bonds. The molecule has 0 aromatic heterocycles. The summed E-state index contributed by atoms with van der Waals surface area (Å²) >= 11 is 0. The molecule has 0 aliphatic carbocycles. The van der Waals surface area contributed by atoms with Gasteiger partial charge in [0, 0.05) is 58.0 Å². The van der Waals surface area contributed by atoms with Crippen LogP contribution in [0.4, 0.5) is 0 Å². The lowest BCUT2D eigenvalue weighted by Crippen LogP contribution is -2.66. The highest BCUT2D eigenvalue weighted by molar-refractivity contribution is 4.95. The Morgan fingerprint density at radius 3 is 2.59 bits per heavy atom. The van der Waals surface area contributed by atoms with Crippen LogP contribution in [-0.2, 0) is 4.74 Å². The Hall–Kier alpha value is -0.160. The molecule has 0 spiro atoms. The van der Waals surface area contributed by atoms with E-state index in [-0.39, 0.29) is 0 Å². The molecular formula is C13H25N3O. The fourth-order valence-corrected chi connectivity index (χ4v) is 3.45. The second-order valence-corrected chi connectivity index (χ2v) is 5.80. The van der Waals surface area contributed by atoms with Crippen molar-refractivity contribution >= 4 is 0 Å². The third-order valence-electron chi connectivity index (χ3n) is 4.62. The lowest BCUT2D eigenvalue weighted by molar-refractivity contribution is -0.0629. The van der Waals surface area contributed by atoms with Crippen molar-refractivity contribution in [3.63, 3.8) is 0 Å². The number of hydrogen-bond donors (Lipinski definition) is 1. The molecule has 0 saturated carbocycles. The van der Waals surface area contributed by atoms with E-state index in [1.807, 2.05) is 0 Å². The minimum Gasteiger partial charge on any atom is -0.381 e. The van der Waals surface area contributed by atoms with Crippen molar-refractivity contribution in [1.29, 1.82) is 0 Å². The maximum Gasteiger partial charge on any atom is 0.0506 e. The van der Waals surface area contributed by atoms with Crippen molar-refractivity contribution in [1.82, 2.24) is 15.1 Å². The van der Waals surface area contributed by atoms with Gasteiger partial charge in [0.05, 0.1) is 6.61 Å². The zero-order valence-electron chi connectivity index (χ0n) is 10.9. The summed E-state index contributed by atoms with van der Waals surface area (Å²) in [5.41, 5.74) is 0. The fourth-order valence-electron chi connectivity index (χ4n) is 3.45. The summed E-state index contributed by atoms with van der Waals surface area (Å²) in [6, 6.07) is 1.61. The number of hydrogen-bond acceptors (Lipinski definition) is 4. The molecule has 3 rings (SSSR count). The van der Waals surface area contributed by atoms with Crippen LogP contribution in [0, 0.1) is 5.92 Å². The van der Waals surface area contributed by atoms with Gasteiger partial charge < -0.3 is 10.1 Å². The molecule has 4 nitrogen and oxygen atoms in total. The molecule has 0 bridgehead atoms. The number of nitrogens with zero attached hydrogens (tertiary/aromatic N) is 2. The molecule has 2 unspecified atom stereocenters. The first-order valence-corrected chi connectivity index (χ1v) is 7.11. The third-order valence-corrected chi connectivity index (χ3v) is 4.62. The topological polar surface area (TPSA) is 27.7 Å². The van der Waals surface area contributed by atoms with E-state index in [9.17, 15) is 0 Å². The van der Waals surface area contributed by atoms with Crippen molar-refractivity contribution in [2.45, 2.75) is 25.4 Å². The first-order valence-electron chi connectivity index (χ1n) is 7.11. The smallest absolute Gasteiger partial charge is 0.0506 e. The highest BCUT2D eigenvalue weighted by Gasteiger charge is 2.38. The van der Waals surface area contributed by atoms with E-state index in [0.717, 1.165) is 25.3 Å². The molecule has 0 aromatic carbocycles. The van der Waals surface area contributed by atoms with Crippen LogP contribution < -0.4 is 5.32 Å². The molecule has 3 heterocycles. The quantitative estimate of drug-likeness (QED) is 0.734. The van der Waals surface area contributed by atoms with E-state index in [1.54, 1.807) is 0 Å². The van der Waals surface area contributed by atoms with Gasteiger partial charge in [-0.25, -0.2) is 0 Å². The Labute approximate surface area is 104 Å². The molecular weight excluding hydrogens is 214 g/mol. The zero-order chi connectivity index (χ0) is 11.7. The lowest BCUT2D eigenvalue weighted by atomic mass is 9.91. The minimum atomic E-state index is 0.715. The van der Waals surface area contributed by atoms with E-state index in [4.69, 9.17) is 4.74 Å². The maximum absolute atomic E-state index is 5.53. The SMILES string of the molecule is CC1COCCC1N1CC(N2CCNCC2)C1. The predicted octanol–water partition coefficient (Wildman–Crippen LogP) is 0.000800. The molecule has 0 aromatic rings. The van der Waals surface area contributed by atoms with Gasteiger partial charge in [0.15, 0.2) is 0 Å². The lowest BCUT2D eigenvalue weighted by Gasteiger charge is -2.52. The third kappa shape index (κ3) is 2.50. The van der Waals surface area contributed by atoms with Crippen LogP contribution >= 0.6 is 0 Å². The van der Waals surface area contributed by atoms with E-state index in [2.05, 4.69) is 22.0 Å². The van der Waals surface area contributed by atoms with Crippen LogP contribution in [0.1, 0.15) is 13.3 Å². The van der Waals surface area contributed by atoms with Gasteiger partial charge in [0.1, 0.15) is 0 Å². The van der Waals surface area contributed by atoms with Crippen molar-refractivity contribution in [3.05, 3.63) is 0 Å². The highest BCUT2D eigenvalue weighted by atomic mass is 16.5. The van der Waals surface area contributed by atoms with Gasteiger partial charge in [-0.3, -0.25) is 9.80 Å². The molecule has 1 N–H and O–H groups in total. The molecule has 3 aliphatic rings. The van der Waals surface area contributed by atoms with Gasteiger partial charge in [-0.05, 0) is 12.3 Å². The monoisotopic (exact) mass is 239 g/mol. The molecule has 3 saturated heterocycles. The summed E-state index contributed by atoms with van der Waals surface area (Å²) in [4.78, 5) is 5.34. The Balaban J connectivity index is 1.46. The summed E-state index contributed by atoms with van der Waals surface area (Å²) in [6.45, 7) is 11.6. The number of rotatable bonds is 2. The van der Waals surface area contributed by atoms with Crippen LogP contribution in [0.5, 0.6) is 0 Å². The van der Waals surface area contributed by atoms with Crippen LogP contribution in [0.2, 0.25) is 0 Å². The van der Waals surface area contributed by atoms with Crippen molar-refractivity contribution < 1.29 is 4.74 Å². The normalized spacial score (nSPS) is 37.9. The van der Waals surface area contributed by atoms with Gasteiger partial charge in [-0.15, -0.1) is 0 Å². The van der Waals surface area contributed by atoms with E-state index in [0.29, 0.717) is 5.92 Å². The highest BCUT2D eigenvalue weighted by Crippen LogP contribution is 2.26. The average Bonchev–Trinajstić information content (AvgIpc) is 2.31. The number of likely N-dealkylation sites (tertiary alicyclic amines) is 1. The van der Waals surface area contributed by atoms with Crippen LogP contribution in [0.25, 0.3) is 0 Å². The molecule has 17 heavy (non-hydrogen) atoms. The van der Waals surface area contributed by atoms with Crippen molar-refractivity contribution in [2.24, 2.45) is 5.92 Å². The summed E-state index contributed by atoms with van der Waals surface area (Å²) in [6.07, 6.45) is 1.23. The molecule has 4 heteroatoms. The first-order chi connectivity index (χ1) is 8.34. The van der Waals surface area contributed by atoms with Gasteiger partial charge in [0.2, 0.25) is 0 Å². The van der Waals surface area contributed by atoms with E-state index >= 15 is 0 Å². The van der Waals surface area contributed by atoms with E-state index < -0.39 is 0 Å². The first kappa shape index (κ1) is 11.9. The number of ether oxygens (including phenoxy) is 1. The van der Waals surface area contributed by atoms with Crippen LogP contribution in [0.15, 0.2) is 0 Å². The van der Waals surface area contributed by atoms with Gasteiger partial charge in [-0.1, -0.05) is 6.92 Å². The van der Waals surface area contributed by atoms with Gasteiger partial charge in [-0.2, -0.15) is 0 Å². The van der Waals surface area contributed by atoms with Crippen molar-refractivity contribution in [3.8, 4) is 0 Å². The number of nitrogens with one attached hydrogen (secondary N) is 1. The summed E-state index contributed by atoms with van der Waals surface area (Å²) in [5, 5.41) is 3.43. The summed E-state index contributed by atoms with van der Waals surface area (Å²) < 4.78 is 5.53. The molecule has 0 radical (unpaired) electrons. The zero-order valence-corrected chi connectivity index (χ0v) is 10.9. The fraction of sp³-hybridized carbons (Fsp3) is 1.00. The van der Waals surface area contributed by atoms with Gasteiger partial charge >= 0.3 is 0 Å². The predicted molar refractivity (Wildman–Crippen MR) is 68.2 cm³/mol.